The van der Waals surface area contributed by atoms with E-state index in [-0.39, 0.29) is 6.04 Å². The van der Waals surface area contributed by atoms with Crippen LogP contribution in [0.25, 0.3) is 0 Å². The quantitative estimate of drug-likeness (QED) is 0.726. The summed E-state index contributed by atoms with van der Waals surface area (Å²) in [7, 11) is 0. The zero-order valence-electron chi connectivity index (χ0n) is 9.99. The van der Waals surface area contributed by atoms with Crippen molar-refractivity contribution in [1.29, 1.82) is 0 Å². The molecule has 0 heterocycles. The molecule has 2 unspecified atom stereocenters. The number of alkyl halides is 3. The lowest BCUT2D eigenvalue weighted by Gasteiger charge is -2.21. The average Bonchev–Trinajstić information content (AvgIpc) is 1.96. The summed E-state index contributed by atoms with van der Waals surface area (Å²) in [6.07, 6.45) is -2.84. The maximum absolute atomic E-state index is 12.0. The van der Waals surface area contributed by atoms with E-state index in [9.17, 15) is 13.2 Å². The third kappa shape index (κ3) is 10.0. The highest BCUT2D eigenvalue weighted by Gasteiger charge is 2.30. The van der Waals surface area contributed by atoms with Gasteiger partial charge in [-0.05, 0) is 32.6 Å². The zero-order valence-corrected chi connectivity index (χ0v) is 9.99. The molecule has 0 spiro atoms. The van der Waals surface area contributed by atoms with Crippen molar-refractivity contribution in [2.75, 3.05) is 0 Å². The first-order chi connectivity index (χ1) is 6.70. The molecule has 15 heavy (non-hydrogen) atoms. The Morgan fingerprint density at radius 1 is 0.933 bits per heavy atom. The van der Waals surface area contributed by atoms with Crippen molar-refractivity contribution >= 4 is 0 Å². The standard InChI is InChI=1S/C11H22F3N/c1-8(2)5-6-9(3)15-10(4)7-11(12,13)14/h8-10,15H,5-7H2,1-4H3. The van der Waals surface area contributed by atoms with E-state index in [1.807, 2.05) is 6.92 Å². The zero-order chi connectivity index (χ0) is 12.1. The second-order valence-electron chi connectivity index (χ2n) is 4.76. The van der Waals surface area contributed by atoms with Gasteiger partial charge in [-0.3, -0.25) is 0 Å². The summed E-state index contributed by atoms with van der Waals surface area (Å²) in [5.74, 6) is 0.604. The minimum atomic E-state index is -4.07. The van der Waals surface area contributed by atoms with Crippen molar-refractivity contribution in [2.45, 2.75) is 65.2 Å². The van der Waals surface area contributed by atoms with Crippen LogP contribution in [0.4, 0.5) is 13.2 Å². The number of hydrogen-bond donors (Lipinski definition) is 1. The van der Waals surface area contributed by atoms with Crippen molar-refractivity contribution in [3.8, 4) is 0 Å². The first kappa shape index (κ1) is 14.8. The summed E-state index contributed by atoms with van der Waals surface area (Å²) < 4.78 is 36.1. The minimum Gasteiger partial charge on any atom is -0.311 e. The minimum absolute atomic E-state index is 0.157. The molecule has 1 N–H and O–H groups in total. The molecule has 0 aliphatic carbocycles. The van der Waals surface area contributed by atoms with Crippen LogP contribution in [0.1, 0.15) is 47.0 Å². The van der Waals surface area contributed by atoms with Crippen LogP contribution in [0.2, 0.25) is 0 Å². The van der Waals surface area contributed by atoms with Gasteiger partial charge in [-0.15, -0.1) is 0 Å². The van der Waals surface area contributed by atoms with E-state index in [0.717, 1.165) is 12.8 Å². The van der Waals surface area contributed by atoms with Crippen LogP contribution in [-0.4, -0.2) is 18.3 Å². The van der Waals surface area contributed by atoms with Gasteiger partial charge in [0.15, 0.2) is 0 Å². The van der Waals surface area contributed by atoms with Crippen LogP contribution in [0.15, 0.2) is 0 Å². The van der Waals surface area contributed by atoms with E-state index in [1.54, 1.807) is 6.92 Å². The number of hydrogen-bond acceptors (Lipinski definition) is 1. The Labute approximate surface area is 90.4 Å². The normalized spacial score (nSPS) is 16.8. The Bertz CT molecular complexity index is 166. The van der Waals surface area contributed by atoms with Gasteiger partial charge in [-0.25, -0.2) is 0 Å². The first-order valence-electron chi connectivity index (χ1n) is 5.53. The molecule has 0 aliphatic rings. The van der Waals surface area contributed by atoms with E-state index in [2.05, 4.69) is 19.2 Å². The number of rotatable bonds is 6. The van der Waals surface area contributed by atoms with Crippen molar-refractivity contribution in [2.24, 2.45) is 5.92 Å². The molecule has 0 saturated carbocycles. The number of halogens is 3. The summed E-state index contributed by atoms with van der Waals surface area (Å²) in [5.41, 5.74) is 0. The molecule has 4 heteroatoms. The van der Waals surface area contributed by atoms with Crippen LogP contribution in [0.5, 0.6) is 0 Å². The summed E-state index contributed by atoms with van der Waals surface area (Å²) in [4.78, 5) is 0. The van der Waals surface area contributed by atoms with E-state index < -0.39 is 18.6 Å². The lowest BCUT2D eigenvalue weighted by molar-refractivity contribution is -0.139. The Balaban J connectivity index is 3.71. The molecule has 0 aliphatic heterocycles. The molecule has 92 valence electrons. The van der Waals surface area contributed by atoms with E-state index >= 15 is 0 Å². The molecular weight excluding hydrogens is 203 g/mol. The molecule has 0 radical (unpaired) electrons. The predicted octanol–water partition coefficient (Wildman–Crippen LogP) is 3.74. The molecule has 0 aromatic carbocycles. The van der Waals surface area contributed by atoms with Crippen LogP contribution >= 0.6 is 0 Å². The molecule has 0 aromatic rings. The van der Waals surface area contributed by atoms with Crippen molar-refractivity contribution in [3.05, 3.63) is 0 Å². The smallest absolute Gasteiger partial charge is 0.311 e. The lowest BCUT2D eigenvalue weighted by atomic mass is 10.0. The highest BCUT2D eigenvalue weighted by molar-refractivity contribution is 4.70. The summed E-state index contributed by atoms with van der Waals surface area (Å²) in [6.45, 7) is 7.76. The van der Waals surface area contributed by atoms with Gasteiger partial charge in [-0.1, -0.05) is 13.8 Å². The Kier molecular flexibility index (Phi) is 6.25. The fourth-order valence-electron chi connectivity index (χ4n) is 1.56. The fraction of sp³-hybridized carbons (Fsp3) is 1.00. The molecule has 0 rings (SSSR count). The van der Waals surface area contributed by atoms with Crippen LogP contribution in [0.3, 0.4) is 0 Å². The van der Waals surface area contributed by atoms with Gasteiger partial charge < -0.3 is 5.32 Å². The van der Waals surface area contributed by atoms with Crippen molar-refractivity contribution in [1.82, 2.24) is 5.32 Å². The third-order valence-electron chi connectivity index (χ3n) is 2.28. The van der Waals surface area contributed by atoms with Gasteiger partial charge in [0, 0.05) is 12.1 Å². The van der Waals surface area contributed by atoms with Gasteiger partial charge in [0.25, 0.3) is 0 Å². The Morgan fingerprint density at radius 2 is 1.47 bits per heavy atom. The monoisotopic (exact) mass is 225 g/mol. The van der Waals surface area contributed by atoms with E-state index in [1.165, 1.54) is 0 Å². The molecule has 1 nitrogen and oxygen atoms in total. The summed E-state index contributed by atoms with van der Waals surface area (Å²) in [5, 5.41) is 2.97. The van der Waals surface area contributed by atoms with E-state index in [0.29, 0.717) is 5.92 Å². The molecule has 0 aromatic heterocycles. The number of nitrogens with one attached hydrogen (secondary N) is 1. The van der Waals surface area contributed by atoms with Crippen LogP contribution < -0.4 is 5.32 Å². The molecule has 0 bridgehead atoms. The van der Waals surface area contributed by atoms with Crippen LogP contribution in [0, 0.1) is 5.92 Å². The second kappa shape index (κ2) is 6.36. The first-order valence-corrected chi connectivity index (χ1v) is 5.53. The second-order valence-corrected chi connectivity index (χ2v) is 4.76. The largest absolute Gasteiger partial charge is 0.390 e. The highest BCUT2D eigenvalue weighted by atomic mass is 19.4. The van der Waals surface area contributed by atoms with Crippen molar-refractivity contribution < 1.29 is 13.2 Å². The average molecular weight is 225 g/mol. The lowest BCUT2D eigenvalue weighted by Crippen LogP contribution is -2.37. The topological polar surface area (TPSA) is 12.0 Å². The van der Waals surface area contributed by atoms with Gasteiger partial charge in [0.1, 0.15) is 0 Å². The molecule has 2 atom stereocenters. The third-order valence-corrected chi connectivity index (χ3v) is 2.28. The predicted molar refractivity (Wildman–Crippen MR) is 56.8 cm³/mol. The van der Waals surface area contributed by atoms with Gasteiger partial charge in [0.2, 0.25) is 0 Å². The molecule has 0 amide bonds. The van der Waals surface area contributed by atoms with Crippen LogP contribution in [-0.2, 0) is 0 Å². The summed E-state index contributed by atoms with van der Waals surface area (Å²) in [6, 6.07) is -0.336. The van der Waals surface area contributed by atoms with Gasteiger partial charge >= 0.3 is 6.18 Å². The Hall–Kier alpha value is -0.250. The van der Waals surface area contributed by atoms with Gasteiger partial charge in [-0.2, -0.15) is 13.2 Å². The van der Waals surface area contributed by atoms with Gasteiger partial charge in [0.05, 0.1) is 6.42 Å². The Morgan fingerprint density at radius 3 is 1.87 bits per heavy atom. The SMILES string of the molecule is CC(C)CCC(C)NC(C)CC(F)(F)F. The maximum atomic E-state index is 12.0. The molecule has 0 fully saturated rings. The fourth-order valence-corrected chi connectivity index (χ4v) is 1.56. The van der Waals surface area contributed by atoms with Crippen molar-refractivity contribution in [3.63, 3.8) is 0 Å². The maximum Gasteiger partial charge on any atom is 0.390 e. The molecule has 0 saturated heterocycles. The van der Waals surface area contributed by atoms with E-state index in [4.69, 9.17) is 0 Å². The highest BCUT2D eigenvalue weighted by Crippen LogP contribution is 2.21. The molecular formula is C11H22F3N. The summed E-state index contributed by atoms with van der Waals surface area (Å²) >= 11 is 0.